The third kappa shape index (κ3) is 4.01. The highest BCUT2D eigenvalue weighted by Gasteiger charge is 2.18. The number of amides is 2. The molecule has 1 aliphatic rings. The van der Waals surface area contributed by atoms with Crippen molar-refractivity contribution >= 4 is 40.2 Å². The minimum absolute atomic E-state index is 0.0275. The summed E-state index contributed by atoms with van der Waals surface area (Å²) in [7, 11) is 0. The maximum absolute atomic E-state index is 12.4. The van der Waals surface area contributed by atoms with Crippen LogP contribution < -0.4 is 15.4 Å². The van der Waals surface area contributed by atoms with Crippen molar-refractivity contribution < 1.29 is 14.3 Å². The first-order chi connectivity index (χ1) is 13.1. The molecule has 8 heteroatoms. The number of nitrogens with zero attached hydrogens (tertiary/aromatic N) is 1. The molecule has 2 N–H and O–H groups in total. The number of anilines is 1. The van der Waals surface area contributed by atoms with Crippen molar-refractivity contribution in [3.05, 3.63) is 52.3 Å². The normalized spacial score (nSPS) is 14.0. The number of carbonyl (C=O) groups is 2. The Morgan fingerprint density at radius 2 is 2.26 bits per heavy atom. The Labute approximate surface area is 164 Å². The monoisotopic (exact) mass is 399 g/mol. The number of rotatable bonds is 5. The van der Waals surface area contributed by atoms with Crippen molar-refractivity contribution in [1.82, 2.24) is 10.3 Å². The predicted molar refractivity (Wildman–Crippen MR) is 106 cm³/mol. The number of nitrogens with one attached hydrogen (secondary N) is 2. The van der Waals surface area contributed by atoms with Crippen molar-refractivity contribution in [3.8, 4) is 15.6 Å². The SMILES string of the molecule is C[C@H](NC(=O)Cc1csc(-c2cccs2)n1)c1ccc2c(c1)NC(=O)CO2. The number of hydrogen-bond donors (Lipinski definition) is 2. The van der Waals surface area contributed by atoms with Gasteiger partial charge in [-0.1, -0.05) is 12.1 Å². The molecule has 0 aliphatic carbocycles. The number of carbonyl (C=O) groups excluding carboxylic acids is 2. The van der Waals surface area contributed by atoms with Gasteiger partial charge in [0.15, 0.2) is 6.61 Å². The quantitative estimate of drug-likeness (QED) is 0.687. The van der Waals surface area contributed by atoms with Crippen LogP contribution in [0.25, 0.3) is 9.88 Å². The molecule has 0 radical (unpaired) electrons. The molecule has 27 heavy (non-hydrogen) atoms. The molecule has 1 aromatic carbocycles. The second-order valence-corrected chi connectivity index (χ2v) is 7.99. The fourth-order valence-electron chi connectivity index (χ4n) is 2.81. The molecular formula is C19H17N3O3S2. The van der Waals surface area contributed by atoms with Crippen LogP contribution in [0.15, 0.2) is 41.1 Å². The van der Waals surface area contributed by atoms with Gasteiger partial charge in [0, 0.05) is 5.38 Å². The van der Waals surface area contributed by atoms with Crippen LogP contribution in [0.2, 0.25) is 0 Å². The van der Waals surface area contributed by atoms with Gasteiger partial charge in [0.2, 0.25) is 5.91 Å². The number of hydrogen-bond acceptors (Lipinski definition) is 6. The molecule has 2 aromatic heterocycles. The first kappa shape index (κ1) is 17.7. The van der Waals surface area contributed by atoms with E-state index in [1.165, 1.54) is 0 Å². The number of ether oxygens (including phenoxy) is 1. The number of aromatic nitrogens is 1. The molecule has 0 bridgehead atoms. The van der Waals surface area contributed by atoms with Crippen LogP contribution in [-0.4, -0.2) is 23.4 Å². The number of thiophene rings is 1. The van der Waals surface area contributed by atoms with Gasteiger partial charge in [0.05, 0.1) is 28.7 Å². The molecule has 3 aromatic rings. The van der Waals surface area contributed by atoms with Crippen molar-refractivity contribution in [2.24, 2.45) is 0 Å². The van der Waals surface area contributed by atoms with E-state index in [0.717, 1.165) is 21.1 Å². The highest BCUT2D eigenvalue weighted by Crippen LogP contribution is 2.31. The molecule has 3 heterocycles. The maximum Gasteiger partial charge on any atom is 0.262 e. The van der Waals surface area contributed by atoms with E-state index in [4.69, 9.17) is 4.74 Å². The van der Waals surface area contributed by atoms with Gasteiger partial charge < -0.3 is 15.4 Å². The van der Waals surface area contributed by atoms with E-state index in [2.05, 4.69) is 15.6 Å². The average Bonchev–Trinajstić information content (AvgIpc) is 3.32. The Hall–Kier alpha value is -2.71. The number of benzene rings is 1. The topological polar surface area (TPSA) is 80.3 Å². The molecule has 4 rings (SSSR count). The Morgan fingerprint density at radius 1 is 1.37 bits per heavy atom. The van der Waals surface area contributed by atoms with Crippen LogP contribution >= 0.6 is 22.7 Å². The summed E-state index contributed by atoms with van der Waals surface area (Å²) in [5, 5.41) is 10.6. The van der Waals surface area contributed by atoms with Gasteiger partial charge in [-0.25, -0.2) is 4.98 Å². The third-order valence-corrected chi connectivity index (χ3v) is 6.07. The van der Waals surface area contributed by atoms with Crippen molar-refractivity contribution in [1.29, 1.82) is 0 Å². The highest BCUT2D eigenvalue weighted by molar-refractivity contribution is 7.20. The second-order valence-electron chi connectivity index (χ2n) is 6.18. The summed E-state index contributed by atoms with van der Waals surface area (Å²) in [6.07, 6.45) is 0.233. The van der Waals surface area contributed by atoms with Crippen LogP contribution in [0.5, 0.6) is 5.75 Å². The highest BCUT2D eigenvalue weighted by atomic mass is 32.1. The Morgan fingerprint density at radius 3 is 3.07 bits per heavy atom. The van der Waals surface area contributed by atoms with Gasteiger partial charge in [-0.15, -0.1) is 22.7 Å². The van der Waals surface area contributed by atoms with E-state index in [9.17, 15) is 9.59 Å². The average molecular weight is 399 g/mol. The van der Waals surface area contributed by atoms with Gasteiger partial charge in [0.1, 0.15) is 10.8 Å². The van der Waals surface area contributed by atoms with E-state index < -0.39 is 0 Å². The molecule has 0 fully saturated rings. The van der Waals surface area contributed by atoms with Crippen LogP contribution in [0.4, 0.5) is 5.69 Å². The summed E-state index contributed by atoms with van der Waals surface area (Å²) >= 11 is 3.18. The predicted octanol–water partition coefficient (Wildman–Crippen LogP) is 3.62. The van der Waals surface area contributed by atoms with E-state index in [1.54, 1.807) is 28.7 Å². The molecule has 1 atom stereocenters. The lowest BCUT2D eigenvalue weighted by Crippen LogP contribution is -2.29. The smallest absolute Gasteiger partial charge is 0.262 e. The van der Waals surface area contributed by atoms with Crippen molar-refractivity contribution in [2.75, 3.05) is 11.9 Å². The van der Waals surface area contributed by atoms with Crippen molar-refractivity contribution in [2.45, 2.75) is 19.4 Å². The molecule has 0 saturated carbocycles. The molecule has 0 unspecified atom stereocenters. The number of thiazole rings is 1. The molecule has 6 nitrogen and oxygen atoms in total. The van der Waals surface area contributed by atoms with Gasteiger partial charge in [-0.2, -0.15) is 0 Å². The fourth-order valence-corrected chi connectivity index (χ4v) is 4.45. The summed E-state index contributed by atoms with van der Waals surface area (Å²) in [6.45, 7) is 1.93. The standard InChI is InChI=1S/C19H17N3O3S2/c1-11(12-4-5-15-14(7-12)22-18(24)9-25-15)20-17(23)8-13-10-27-19(21-13)16-3-2-6-26-16/h2-7,10-11H,8-9H2,1H3,(H,20,23)(H,22,24)/t11-/m0/s1. The van der Waals surface area contributed by atoms with Gasteiger partial charge in [0.25, 0.3) is 5.91 Å². The zero-order chi connectivity index (χ0) is 18.8. The number of fused-ring (bicyclic) bond motifs is 1. The first-order valence-corrected chi connectivity index (χ1v) is 10.2. The van der Waals surface area contributed by atoms with Gasteiger partial charge in [-0.05, 0) is 36.1 Å². The second kappa shape index (κ2) is 7.50. The van der Waals surface area contributed by atoms with Crippen molar-refractivity contribution in [3.63, 3.8) is 0 Å². The fraction of sp³-hybridized carbons (Fsp3) is 0.211. The van der Waals surface area contributed by atoms with Crippen LogP contribution in [0, 0.1) is 0 Å². The molecule has 2 amide bonds. The largest absolute Gasteiger partial charge is 0.482 e. The van der Waals surface area contributed by atoms with Gasteiger partial charge in [-0.3, -0.25) is 9.59 Å². The molecule has 0 spiro atoms. The summed E-state index contributed by atoms with van der Waals surface area (Å²) in [5.41, 5.74) is 2.29. The zero-order valence-electron chi connectivity index (χ0n) is 14.5. The maximum atomic E-state index is 12.4. The van der Waals surface area contributed by atoms with Crippen LogP contribution in [-0.2, 0) is 16.0 Å². The lowest BCUT2D eigenvalue weighted by Gasteiger charge is -2.21. The summed E-state index contributed by atoms with van der Waals surface area (Å²) < 4.78 is 5.36. The Balaban J connectivity index is 1.39. The van der Waals surface area contributed by atoms with Gasteiger partial charge >= 0.3 is 0 Å². The Bertz CT molecular complexity index is 982. The lowest BCUT2D eigenvalue weighted by molar-refractivity contribution is -0.121. The lowest BCUT2D eigenvalue weighted by atomic mass is 10.1. The zero-order valence-corrected chi connectivity index (χ0v) is 16.2. The van der Waals surface area contributed by atoms with E-state index in [1.807, 2.05) is 41.9 Å². The first-order valence-electron chi connectivity index (χ1n) is 8.43. The van der Waals surface area contributed by atoms with E-state index >= 15 is 0 Å². The molecular weight excluding hydrogens is 382 g/mol. The molecule has 0 saturated heterocycles. The molecule has 1 aliphatic heterocycles. The van der Waals surface area contributed by atoms with Crippen LogP contribution in [0.3, 0.4) is 0 Å². The summed E-state index contributed by atoms with van der Waals surface area (Å²) in [5.74, 6) is 0.366. The Kier molecular flexibility index (Phi) is 4.91. The summed E-state index contributed by atoms with van der Waals surface area (Å²) in [6, 6.07) is 9.33. The minimum atomic E-state index is -0.197. The molecule has 138 valence electrons. The van der Waals surface area contributed by atoms with E-state index in [-0.39, 0.29) is 30.9 Å². The van der Waals surface area contributed by atoms with E-state index in [0.29, 0.717) is 11.4 Å². The third-order valence-electron chi connectivity index (χ3n) is 4.14. The summed E-state index contributed by atoms with van der Waals surface area (Å²) in [4.78, 5) is 29.5. The minimum Gasteiger partial charge on any atom is -0.482 e. The van der Waals surface area contributed by atoms with Crippen LogP contribution in [0.1, 0.15) is 24.2 Å².